The van der Waals surface area contributed by atoms with Gasteiger partial charge in [0.05, 0.1) is 0 Å². The lowest BCUT2D eigenvalue weighted by Crippen LogP contribution is -1.89. The molecular formula is C18H12O. The molecule has 0 amide bonds. The highest BCUT2D eigenvalue weighted by Crippen LogP contribution is 2.36. The number of carbonyl (C=O) groups excluding carboxylic acids is 1. The largest absolute Gasteiger partial charge is 0.298 e. The van der Waals surface area contributed by atoms with E-state index in [1.165, 1.54) is 32.5 Å². The van der Waals surface area contributed by atoms with Crippen molar-refractivity contribution in [2.24, 2.45) is 0 Å². The highest BCUT2D eigenvalue weighted by atomic mass is 16.1. The van der Waals surface area contributed by atoms with Gasteiger partial charge >= 0.3 is 0 Å². The van der Waals surface area contributed by atoms with Crippen LogP contribution in [0.5, 0.6) is 0 Å². The first-order valence-corrected chi connectivity index (χ1v) is 6.42. The zero-order valence-electron chi connectivity index (χ0n) is 10.6. The third kappa shape index (κ3) is 1.27. The molecule has 4 aromatic rings. The number of aldehydes is 1. The Kier molecular flexibility index (Phi) is 1.96. The monoisotopic (exact) mass is 244 g/mol. The van der Waals surface area contributed by atoms with E-state index in [0.717, 1.165) is 17.2 Å². The van der Waals surface area contributed by atoms with Crippen molar-refractivity contribution >= 4 is 38.6 Å². The molecule has 1 heteroatoms. The molecule has 0 aliphatic rings. The summed E-state index contributed by atoms with van der Waals surface area (Å²) in [4.78, 5) is 11.2. The van der Waals surface area contributed by atoms with Crippen LogP contribution in [0.3, 0.4) is 0 Å². The molecule has 0 bridgehead atoms. The third-order valence-corrected chi connectivity index (χ3v) is 4.04. The molecule has 0 saturated heterocycles. The van der Waals surface area contributed by atoms with Gasteiger partial charge in [0.25, 0.3) is 0 Å². The molecule has 4 aromatic carbocycles. The van der Waals surface area contributed by atoms with Crippen LogP contribution in [0.15, 0.2) is 48.5 Å². The Morgan fingerprint density at radius 2 is 1.32 bits per heavy atom. The van der Waals surface area contributed by atoms with E-state index in [1.54, 1.807) is 0 Å². The lowest BCUT2D eigenvalue weighted by molar-refractivity contribution is 0.112. The van der Waals surface area contributed by atoms with Crippen LogP contribution >= 0.6 is 0 Å². The minimum absolute atomic E-state index is 0.767. The minimum atomic E-state index is 0.767. The average molecular weight is 244 g/mol. The highest BCUT2D eigenvalue weighted by Gasteiger charge is 2.11. The second-order valence-corrected chi connectivity index (χ2v) is 5.08. The summed E-state index contributed by atoms with van der Waals surface area (Å²) in [5, 5.41) is 7.25. The third-order valence-electron chi connectivity index (χ3n) is 4.04. The van der Waals surface area contributed by atoms with Crippen molar-refractivity contribution in [3.05, 3.63) is 59.7 Å². The van der Waals surface area contributed by atoms with Crippen LogP contribution in [-0.2, 0) is 0 Å². The molecule has 0 spiro atoms. The number of hydrogen-bond acceptors (Lipinski definition) is 1. The summed E-state index contributed by atoms with van der Waals surface area (Å²) in [5.41, 5.74) is 2.04. The fourth-order valence-corrected chi connectivity index (χ4v) is 3.07. The number of carbonyl (C=O) groups is 1. The van der Waals surface area contributed by atoms with Gasteiger partial charge in [-0.05, 0) is 44.8 Å². The summed E-state index contributed by atoms with van der Waals surface area (Å²) in [5.74, 6) is 0. The molecule has 4 rings (SSSR count). The van der Waals surface area contributed by atoms with E-state index in [9.17, 15) is 4.79 Å². The van der Waals surface area contributed by atoms with Gasteiger partial charge in [-0.3, -0.25) is 4.79 Å². The summed E-state index contributed by atoms with van der Waals surface area (Å²) in [6, 6.07) is 16.7. The van der Waals surface area contributed by atoms with Gasteiger partial charge in [0.1, 0.15) is 0 Å². The van der Waals surface area contributed by atoms with Gasteiger partial charge in [-0.25, -0.2) is 0 Å². The van der Waals surface area contributed by atoms with E-state index in [-0.39, 0.29) is 0 Å². The van der Waals surface area contributed by atoms with E-state index in [1.807, 2.05) is 12.1 Å². The van der Waals surface area contributed by atoms with E-state index in [0.29, 0.717) is 0 Å². The first-order valence-electron chi connectivity index (χ1n) is 6.42. The molecule has 0 unspecified atom stereocenters. The molecule has 0 aliphatic carbocycles. The quantitative estimate of drug-likeness (QED) is 0.350. The van der Waals surface area contributed by atoms with Gasteiger partial charge in [0, 0.05) is 5.56 Å². The summed E-state index contributed by atoms with van der Waals surface area (Å²) in [6.07, 6.45) is 0.943. The number of benzene rings is 4. The molecule has 0 radical (unpaired) electrons. The van der Waals surface area contributed by atoms with Gasteiger partial charge in [0.15, 0.2) is 6.29 Å². The highest BCUT2D eigenvalue weighted by molar-refractivity contribution is 6.25. The zero-order chi connectivity index (χ0) is 13.0. The fourth-order valence-electron chi connectivity index (χ4n) is 3.07. The molecule has 0 aliphatic heterocycles. The molecule has 0 atom stereocenters. The predicted octanol–water partition coefficient (Wildman–Crippen LogP) is 4.70. The number of rotatable bonds is 1. The Morgan fingerprint density at radius 3 is 2.05 bits per heavy atom. The molecule has 90 valence electrons. The number of hydrogen-bond donors (Lipinski definition) is 0. The molecule has 0 N–H and O–H groups in total. The van der Waals surface area contributed by atoms with Crippen molar-refractivity contribution in [3.8, 4) is 0 Å². The van der Waals surface area contributed by atoms with Crippen LogP contribution in [0, 0.1) is 6.92 Å². The van der Waals surface area contributed by atoms with Crippen molar-refractivity contribution in [2.75, 3.05) is 0 Å². The second kappa shape index (κ2) is 3.55. The first-order chi connectivity index (χ1) is 9.29. The standard InChI is InChI=1S/C18H12O/c1-11-2-3-12-7-9-16-14(10-19)5-4-13-6-8-15(11)17(12)18(13)16/h2-10H,1H3. The normalized spacial score (nSPS) is 11.6. The molecule has 0 saturated carbocycles. The molecular weight excluding hydrogens is 232 g/mol. The maximum Gasteiger partial charge on any atom is 0.150 e. The zero-order valence-corrected chi connectivity index (χ0v) is 10.6. The van der Waals surface area contributed by atoms with Crippen LogP contribution < -0.4 is 0 Å². The lowest BCUT2D eigenvalue weighted by Gasteiger charge is -2.13. The molecule has 0 fully saturated rings. The number of aryl methyl sites for hydroxylation is 1. The van der Waals surface area contributed by atoms with Crippen LogP contribution in [0.2, 0.25) is 0 Å². The van der Waals surface area contributed by atoms with Crippen molar-refractivity contribution in [2.45, 2.75) is 6.92 Å². The fraction of sp³-hybridized carbons (Fsp3) is 0.0556. The average Bonchev–Trinajstić information content (AvgIpc) is 2.46. The summed E-state index contributed by atoms with van der Waals surface area (Å²) in [6.45, 7) is 2.13. The van der Waals surface area contributed by atoms with E-state index in [2.05, 4.69) is 43.3 Å². The lowest BCUT2D eigenvalue weighted by atomic mass is 9.91. The Hall–Kier alpha value is -2.41. The van der Waals surface area contributed by atoms with Crippen molar-refractivity contribution in [3.63, 3.8) is 0 Å². The van der Waals surface area contributed by atoms with Gasteiger partial charge < -0.3 is 0 Å². The smallest absolute Gasteiger partial charge is 0.150 e. The minimum Gasteiger partial charge on any atom is -0.298 e. The Labute approximate surface area is 110 Å². The topological polar surface area (TPSA) is 17.1 Å². The van der Waals surface area contributed by atoms with Gasteiger partial charge in [-0.2, -0.15) is 0 Å². The second-order valence-electron chi connectivity index (χ2n) is 5.08. The van der Waals surface area contributed by atoms with Crippen LogP contribution in [-0.4, -0.2) is 6.29 Å². The Balaban J connectivity index is 2.43. The van der Waals surface area contributed by atoms with Crippen molar-refractivity contribution < 1.29 is 4.79 Å². The maximum absolute atomic E-state index is 11.2. The molecule has 0 heterocycles. The van der Waals surface area contributed by atoms with Crippen LogP contribution in [0.4, 0.5) is 0 Å². The van der Waals surface area contributed by atoms with Crippen LogP contribution in [0.1, 0.15) is 15.9 Å². The first kappa shape index (κ1) is 10.5. The predicted molar refractivity (Wildman–Crippen MR) is 80.3 cm³/mol. The van der Waals surface area contributed by atoms with E-state index < -0.39 is 0 Å². The molecule has 19 heavy (non-hydrogen) atoms. The van der Waals surface area contributed by atoms with Gasteiger partial charge in [-0.1, -0.05) is 48.5 Å². The summed E-state index contributed by atoms with van der Waals surface area (Å²) in [7, 11) is 0. The Bertz CT molecular complexity index is 934. The molecule has 0 aromatic heterocycles. The van der Waals surface area contributed by atoms with Gasteiger partial charge in [-0.15, -0.1) is 0 Å². The molecule has 1 nitrogen and oxygen atoms in total. The van der Waals surface area contributed by atoms with Crippen molar-refractivity contribution in [1.82, 2.24) is 0 Å². The SMILES string of the molecule is Cc1ccc2ccc3c(C=O)ccc4ccc1c2c43. The summed E-state index contributed by atoms with van der Waals surface area (Å²) >= 11 is 0. The summed E-state index contributed by atoms with van der Waals surface area (Å²) < 4.78 is 0. The van der Waals surface area contributed by atoms with E-state index in [4.69, 9.17) is 0 Å². The van der Waals surface area contributed by atoms with Crippen LogP contribution in [0.25, 0.3) is 32.3 Å². The Morgan fingerprint density at radius 1 is 0.737 bits per heavy atom. The van der Waals surface area contributed by atoms with E-state index >= 15 is 0 Å². The van der Waals surface area contributed by atoms with Gasteiger partial charge in [0.2, 0.25) is 0 Å². The van der Waals surface area contributed by atoms with Crippen molar-refractivity contribution in [1.29, 1.82) is 0 Å². The maximum atomic E-state index is 11.2.